The van der Waals surface area contributed by atoms with Crippen molar-refractivity contribution >= 4 is 23.2 Å². The van der Waals surface area contributed by atoms with Crippen LogP contribution >= 0.6 is 11.6 Å². The molecule has 1 N–H and O–H groups in total. The molecule has 0 aliphatic heterocycles. The van der Waals surface area contributed by atoms with Crippen LogP contribution in [0.15, 0.2) is 61.1 Å². The van der Waals surface area contributed by atoms with Gasteiger partial charge in [0, 0.05) is 35.8 Å². The van der Waals surface area contributed by atoms with Gasteiger partial charge in [-0.05, 0) is 48.4 Å². The number of pyridine rings is 1. The van der Waals surface area contributed by atoms with Gasteiger partial charge in [-0.25, -0.2) is 0 Å². The molecule has 1 aromatic carbocycles. The number of aromatic nitrogens is 3. The number of aryl methyl sites for hydroxylation is 2. The molecular weight excluding hydrogens is 312 g/mol. The number of nitrogens with one attached hydrogen (secondary N) is 1. The third-order valence-electron chi connectivity index (χ3n) is 3.39. The van der Waals surface area contributed by atoms with Crippen LogP contribution in [0.5, 0.6) is 0 Å². The van der Waals surface area contributed by atoms with E-state index in [2.05, 4.69) is 15.4 Å². The summed E-state index contributed by atoms with van der Waals surface area (Å²) in [7, 11) is 0. The van der Waals surface area contributed by atoms with Gasteiger partial charge in [-0.15, -0.1) is 0 Å². The lowest BCUT2D eigenvalue weighted by atomic mass is 10.2. The first-order valence-electron chi connectivity index (χ1n) is 7.20. The molecule has 6 heteroatoms. The Morgan fingerprint density at radius 3 is 2.70 bits per heavy atom. The number of anilines is 1. The molecule has 0 aliphatic carbocycles. The number of carbonyl (C=O) groups excluding carboxylic acids is 1. The van der Waals surface area contributed by atoms with Gasteiger partial charge in [0.05, 0.1) is 0 Å². The fourth-order valence-corrected chi connectivity index (χ4v) is 2.34. The second-order valence-electron chi connectivity index (χ2n) is 5.01. The van der Waals surface area contributed by atoms with E-state index in [9.17, 15) is 4.79 Å². The number of halogens is 1. The van der Waals surface area contributed by atoms with Crippen LogP contribution in [0.3, 0.4) is 0 Å². The van der Waals surface area contributed by atoms with Crippen LogP contribution in [0.25, 0.3) is 0 Å². The van der Waals surface area contributed by atoms with Crippen molar-refractivity contribution in [3.05, 3.63) is 77.3 Å². The van der Waals surface area contributed by atoms with Crippen molar-refractivity contribution in [3.8, 4) is 0 Å². The van der Waals surface area contributed by atoms with Gasteiger partial charge < -0.3 is 5.32 Å². The second-order valence-corrected chi connectivity index (χ2v) is 5.45. The van der Waals surface area contributed by atoms with Crippen molar-refractivity contribution in [2.45, 2.75) is 13.0 Å². The summed E-state index contributed by atoms with van der Waals surface area (Å²) in [6.07, 6.45) is 5.94. The van der Waals surface area contributed by atoms with Gasteiger partial charge in [0.25, 0.3) is 5.91 Å². The number of hydrogen-bond acceptors (Lipinski definition) is 3. The molecule has 2 aromatic heterocycles. The first-order chi connectivity index (χ1) is 11.2. The lowest BCUT2D eigenvalue weighted by Gasteiger charge is -2.08. The molecule has 0 radical (unpaired) electrons. The highest BCUT2D eigenvalue weighted by atomic mass is 35.5. The van der Waals surface area contributed by atoms with E-state index in [1.54, 1.807) is 47.4 Å². The second kappa shape index (κ2) is 7.07. The Morgan fingerprint density at radius 2 is 1.96 bits per heavy atom. The van der Waals surface area contributed by atoms with Crippen LogP contribution in [-0.4, -0.2) is 20.7 Å². The van der Waals surface area contributed by atoms with Gasteiger partial charge in [0.15, 0.2) is 0 Å². The molecule has 3 aromatic rings. The molecule has 116 valence electrons. The number of amides is 1. The number of benzene rings is 1. The van der Waals surface area contributed by atoms with E-state index in [0.717, 1.165) is 12.0 Å². The number of nitrogens with zero attached hydrogens (tertiary/aromatic N) is 3. The largest absolute Gasteiger partial charge is 0.321 e. The topological polar surface area (TPSA) is 59.8 Å². The smallest absolute Gasteiger partial charge is 0.273 e. The van der Waals surface area contributed by atoms with E-state index in [0.29, 0.717) is 22.9 Å². The number of rotatable bonds is 5. The minimum atomic E-state index is -0.198. The standard InChI is InChI=1S/C17H15ClN4O/c18-14-3-5-15(6-4-14)21-17(23)16-7-10-20-22(16)11-8-13-2-1-9-19-12-13/h1-7,9-10,12H,8,11H2,(H,21,23). The van der Waals surface area contributed by atoms with Gasteiger partial charge in [-0.2, -0.15) is 5.10 Å². The average molecular weight is 327 g/mol. The zero-order valence-electron chi connectivity index (χ0n) is 12.3. The monoisotopic (exact) mass is 326 g/mol. The van der Waals surface area contributed by atoms with Gasteiger partial charge in [-0.3, -0.25) is 14.5 Å². The summed E-state index contributed by atoms with van der Waals surface area (Å²) in [6, 6.07) is 12.6. The molecule has 1 amide bonds. The van der Waals surface area contributed by atoms with E-state index < -0.39 is 0 Å². The van der Waals surface area contributed by atoms with Gasteiger partial charge in [-0.1, -0.05) is 17.7 Å². The predicted octanol–water partition coefficient (Wildman–Crippen LogP) is 3.43. The number of hydrogen-bond donors (Lipinski definition) is 1. The highest BCUT2D eigenvalue weighted by Crippen LogP contribution is 2.14. The molecule has 0 bridgehead atoms. The van der Waals surface area contributed by atoms with Crippen molar-refractivity contribution in [1.29, 1.82) is 0 Å². The zero-order chi connectivity index (χ0) is 16.1. The Labute approximate surface area is 138 Å². The molecule has 0 saturated heterocycles. The lowest BCUT2D eigenvalue weighted by molar-refractivity contribution is 0.101. The van der Waals surface area contributed by atoms with E-state index in [-0.39, 0.29) is 5.91 Å². The van der Waals surface area contributed by atoms with Crippen molar-refractivity contribution in [1.82, 2.24) is 14.8 Å². The van der Waals surface area contributed by atoms with Crippen LogP contribution in [0.1, 0.15) is 16.1 Å². The minimum Gasteiger partial charge on any atom is -0.321 e. The van der Waals surface area contributed by atoms with Crippen LogP contribution in [0, 0.1) is 0 Å². The summed E-state index contributed by atoms with van der Waals surface area (Å²) in [5.74, 6) is -0.198. The Balaban J connectivity index is 1.67. The maximum absolute atomic E-state index is 12.4. The lowest BCUT2D eigenvalue weighted by Crippen LogP contribution is -2.18. The molecule has 0 spiro atoms. The SMILES string of the molecule is O=C(Nc1ccc(Cl)cc1)c1ccnn1CCc1cccnc1. The summed E-state index contributed by atoms with van der Waals surface area (Å²) in [5, 5.41) is 7.69. The summed E-state index contributed by atoms with van der Waals surface area (Å²) < 4.78 is 1.69. The van der Waals surface area contributed by atoms with E-state index in [4.69, 9.17) is 11.6 Å². The maximum Gasteiger partial charge on any atom is 0.273 e. The average Bonchev–Trinajstić information content (AvgIpc) is 3.05. The molecule has 0 fully saturated rings. The van der Waals surface area contributed by atoms with E-state index in [1.807, 2.05) is 18.3 Å². The van der Waals surface area contributed by atoms with Crippen LogP contribution < -0.4 is 5.32 Å². The molecule has 0 saturated carbocycles. The first kappa shape index (κ1) is 15.2. The summed E-state index contributed by atoms with van der Waals surface area (Å²) in [6.45, 7) is 0.613. The molecular formula is C17H15ClN4O. The molecule has 2 heterocycles. The quantitative estimate of drug-likeness (QED) is 0.781. The molecule has 0 unspecified atom stereocenters. The van der Waals surface area contributed by atoms with Crippen LogP contribution in [-0.2, 0) is 13.0 Å². The minimum absolute atomic E-state index is 0.198. The van der Waals surface area contributed by atoms with Gasteiger partial charge in [0.1, 0.15) is 5.69 Å². The van der Waals surface area contributed by atoms with Crippen molar-refractivity contribution in [2.24, 2.45) is 0 Å². The Morgan fingerprint density at radius 1 is 1.13 bits per heavy atom. The fraction of sp³-hybridized carbons (Fsp3) is 0.118. The summed E-state index contributed by atoms with van der Waals surface area (Å²) in [4.78, 5) is 16.5. The normalized spacial score (nSPS) is 10.5. The molecule has 23 heavy (non-hydrogen) atoms. The van der Waals surface area contributed by atoms with Gasteiger partial charge in [0.2, 0.25) is 0 Å². The molecule has 0 atom stereocenters. The Bertz CT molecular complexity index is 784. The fourth-order valence-electron chi connectivity index (χ4n) is 2.21. The molecule has 5 nitrogen and oxygen atoms in total. The van der Waals surface area contributed by atoms with Crippen LogP contribution in [0.2, 0.25) is 5.02 Å². The van der Waals surface area contributed by atoms with E-state index >= 15 is 0 Å². The molecule has 3 rings (SSSR count). The third kappa shape index (κ3) is 3.96. The zero-order valence-corrected chi connectivity index (χ0v) is 13.1. The van der Waals surface area contributed by atoms with Crippen LogP contribution in [0.4, 0.5) is 5.69 Å². The maximum atomic E-state index is 12.4. The highest BCUT2D eigenvalue weighted by molar-refractivity contribution is 6.30. The van der Waals surface area contributed by atoms with Gasteiger partial charge >= 0.3 is 0 Å². The van der Waals surface area contributed by atoms with Crippen molar-refractivity contribution in [2.75, 3.05) is 5.32 Å². The summed E-state index contributed by atoms with van der Waals surface area (Å²) >= 11 is 5.84. The number of carbonyl (C=O) groups is 1. The Hall–Kier alpha value is -2.66. The third-order valence-corrected chi connectivity index (χ3v) is 3.64. The predicted molar refractivity (Wildman–Crippen MR) is 89.6 cm³/mol. The summed E-state index contributed by atoms with van der Waals surface area (Å²) in [5.41, 5.74) is 2.32. The van der Waals surface area contributed by atoms with Crippen molar-refractivity contribution in [3.63, 3.8) is 0 Å². The molecule has 0 aliphatic rings. The highest BCUT2D eigenvalue weighted by Gasteiger charge is 2.12. The van der Waals surface area contributed by atoms with E-state index in [1.165, 1.54) is 0 Å². The first-order valence-corrected chi connectivity index (χ1v) is 7.58. The Kier molecular flexibility index (Phi) is 4.68. The van der Waals surface area contributed by atoms with Crippen molar-refractivity contribution < 1.29 is 4.79 Å².